The third kappa shape index (κ3) is 3.24. The third-order valence-electron chi connectivity index (χ3n) is 2.86. The minimum atomic E-state index is -0.201. The Morgan fingerprint density at radius 2 is 2.10 bits per heavy atom. The van der Waals surface area contributed by atoms with Crippen molar-refractivity contribution in [3.8, 4) is 17.0 Å². The summed E-state index contributed by atoms with van der Waals surface area (Å²) in [6.07, 6.45) is 0. The molecule has 0 atom stereocenters. The van der Waals surface area contributed by atoms with Crippen molar-refractivity contribution in [2.24, 2.45) is 0 Å². The number of ether oxygens (including phenoxy) is 2. The SMILES string of the molecule is CCOCc1nc(-c2cc(C)ccc2OC)cc(=O)[nH]1. The second kappa shape index (κ2) is 6.34. The van der Waals surface area contributed by atoms with Crippen LogP contribution >= 0.6 is 0 Å². The molecule has 5 heteroatoms. The fraction of sp³-hybridized carbons (Fsp3) is 0.333. The number of nitrogens with one attached hydrogen (secondary N) is 1. The molecular formula is C15H18N2O3. The number of aromatic nitrogens is 2. The normalized spacial score (nSPS) is 10.6. The molecule has 0 saturated carbocycles. The van der Waals surface area contributed by atoms with Gasteiger partial charge in [-0.3, -0.25) is 4.79 Å². The fourth-order valence-corrected chi connectivity index (χ4v) is 1.94. The number of aromatic amines is 1. The Labute approximate surface area is 117 Å². The van der Waals surface area contributed by atoms with E-state index in [-0.39, 0.29) is 12.2 Å². The monoisotopic (exact) mass is 274 g/mol. The van der Waals surface area contributed by atoms with E-state index < -0.39 is 0 Å². The van der Waals surface area contributed by atoms with Gasteiger partial charge in [0.05, 0.1) is 12.8 Å². The number of rotatable bonds is 5. The van der Waals surface area contributed by atoms with Gasteiger partial charge in [-0.25, -0.2) is 4.98 Å². The van der Waals surface area contributed by atoms with Crippen LogP contribution in [0.4, 0.5) is 0 Å². The second-order valence-corrected chi connectivity index (χ2v) is 4.42. The summed E-state index contributed by atoms with van der Waals surface area (Å²) >= 11 is 0. The summed E-state index contributed by atoms with van der Waals surface area (Å²) in [6, 6.07) is 7.24. The molecule has 0 radical (unpaired) electrons. The first-order valence-electron chi connectivity index (χ1n) is 6.47. The maximum atomic E-state index is 11.7. The summed E-state index contributed by atoms with van der Waals surface area (Å²) in [6.45, 7) is 4.73. The zero-order valence-corrected chi connectivity index (χ0v) is 11.9. The van der Waals surface area contributed by atoms with Gasteiger partial charge in [0.2, 0.25) is 0 Å². The molecule has 1 N–H and O–H groups in total. The van der Waals surface area contributed by atoms with Crippen molar-refractivity contribution in [3.63, 3.8) is 0 Å². The van der Waals surface area contributed by atoms with Crippen molar-refractivity contribution < 1.29 is 9.47 Å². The van der Waals surface area contributed by atoms with Crippen molar-refractivity contribution in [1.29, 1.82) is 0 Å². The maximum absolute atomic E-state index is 11.7. The fourth-order valence-electron chi connectivity index (χ4n) is 1.94. The van der Waals surface area contributed by atoms with Gasteiger partial charge < -0.3 is 14.5 Å². The van der Waals surface area contributed by atoms with Gasteiger partial charge in [0.15, 0.2) is 0 Å². The van der Waals surface area contributed by atoms with Crippen LogP contribution in [0, 0.1) is 6.92 Å². The minimum absolute atomic E-state index is 0.201. The smallest absolute Gasteiger partial charge is 0.251 e. The number of benzene rings is 1. The average molecular weight is 274 g/mol. The molecular weight excluding hydrogens is 256 g/mol. The molecule has 2 rings (SSSR count). The zero-order valence-electron chi connectivity index (χ0n) is 11.9. The number of H-pyrrole nitrogens is 1. The Morgan fingerprint density at radius 3 is 2.80 bits per heavy atom. The molecule has 0 aliphatic carbocycles. The topological polar surface area (TPSA) is 64.2 Å². The predicted octanol–water partition coefficient (Wildman–Crippen LogP) is 2.29. The van der Waals surface area contributed by atoms with Crippen molar-refractivity contribution >= 4 is 0 Å². The van der Waals surface area contributed by atoms with E-state index in [0.29, 0.717) is 23.9 Å². The molecule has 0 saturated heterocycles. The quantitative estimate of drug-likeness (QED) is 0.908. The molecule has 1 heterocycles. The summed E-state index contributed by atoms with van der Waals surface area (Å²) in [5, 5.41) is 0. The molecule has 5 nitrogen and oxygen atoms in total. The Morgan fingerprint density at radius 1 is 1.30 bits per heavy atom. The van der Waals surface area contributed by atoms with Crippen LogP contribution in [0.5, 0.6) is 5.75 Å². The van der Waals surface area contributed by atoms with Crippen LogP contribution in [0.2, 0.25) is 0 Å². The summed E-state index contributed by atoms with van der Waals surface area (Å²) in [5.41, 5.74) is 2.27. The number of hydrogen-bond donors (Lipinski definition) is 1. The van der Waals surface area contributed by atoms with E-state index in [1.807, 2.05) is 32.0 Å². The Kier molecular flexibility index (Phi) is 4.53. The number of hydrogen-bond acceptors (Lipinski definition) is 4. The van der Waals surface area contributed by atoms with Crippen molar-refractivity contribution in [1.82, 2.24) is 9.97 Å². The lowest BCUT2D eigenvalue weighted by atomic mass is 10.1. The Balaban J connectivity index is 2.49. The lowest BCUT2D eigenvalue weighted by molar-refractivity contribution is 0.128. The van der Waals surface area contributed by atoms with Crippen LogP contribution in [0.15, 0.2) is 29.1 Å². The van der Waals surface area contributed by atoms with Gasteiger partial charge in [-0.1, -0.05) is 11.6 Å². The van der Waals surface area contributed by atoms with E-state index in [1.165, 1.54) is 6.07 Å². The molecule has 2 aromatic rings. The highest BCUT2D eigenvalue weighted by atomic mass is 16.5. The predicted molar refractivity (Wildman–Crippen MR) is 76.9 cm³/mol. The maximum Gasteiger partial charge on any atom is 0.251 e. The van der Waals surface area contributed by atoms with Gasteiger partial charge in [0, 0.05) is 18.2 Å². The first kappa shape index (κ1) is 14.3. The number of aryl methyl sites for hydroxylation is 1. The first-order chi connectivity index (χ1) is 9.63. The lowest BCUT2D eigenvalue weighted by Gasteiger charge is -2.10. The van der Waals surface area contributed by atoms with Crippen LogP contribution < -0.4 is 10.3 Å². The van der Waals surface area contributed by atoms with Gasteiger partial charge in [-0.15, -0.1) is 0 Å². The average Bonchev–Trinajstić information content (AvgIpc) is 2.44. The van der Waals surface area contributed by atoms with Crippen LogP contribution in [-0.2, 0) is 11.3 Å². The summed E-state index contributed by atoms with van der Waals surface area (Å²) in [5.74, 6) is 1.20. The molecule has 20 heavy (non-hydrogen) atoms. The lowest BCUT2D eigenvalue weighted by Crippen LogP contribution is -2.12. The van der Waals surface area contributed by atoms with Crippen LogP contribution in [0.1, 0.15) is 18.3 Å². The van der Waals surface area contributed by atoms with E-state index in [9.17, 15) is 4.79 Å². The molecule has 0 spiro atoms. The molecule has 0 bridgehead atoms. The van der Waals surface area contributed by atoms with E-state index >= 15 is 0 Å². The Bertz CT molecular complexity index is 650. The summed E-state index contributed by atoms with van der Waals surface area (Å²) in [7, 11) is 1.60. The van der Waals surface area contributed by atoms with Crippen LogP contribution in [0.3, 0.4) is 0 Å². The van der Waals surface area contributed by atoms with Gasteiger partial charge >= 0.3 is 0 Å². The van der Waals surface area contributed by atoms with E-state index in [2.05, 4.69) is 9.97 Å². The van der Waals surface area contributed by atoms with Gasteiger partial charge in [0.1, 0.15) is 18.2 Å². The van der Waals surface area contributed by atoms with Crippen molar-refractivity contribution in [2.75, 3.05) is 13.7 Å². The van der Waals surface area contributed by atoms with Gasteiger partial charge in [0.25, 0.3) is 5.56 Å². The zero-order chi connectivity index (χ0) is 14.5. The molecule has 0 unspecified atom stereocenters. The second-order valence-electron chi connectivity index (χ2n) is 4.42. The van der Waals surface area contributed by atoms with Crippen molar-refractivity contribution in [2.45, 2.75) is 20.5 Å². The molecule has 0 aliphatic heterocycles. The van der Waals surface area contributed by atoms with Crippen LogP contribution in [0.25, 0.3) is 11.3 Å². The number of methoxy groups -OCH3 is 1. The van der Waals surface area contributed by atoms with Gasteiger partial charge in [-0.2, -0.15) is 0 Å². The van der Waals surface area contributed by atoms with E-state index in [1.54, 1.807) is 7.11 Å². The molecule has 1 aromatic carbocycles. The third-order valence-corrected chi connectivity index (χ3v) is 2.86. The van der Waals surface area contributed by atoms with Crippen molar-refractivity contribution in [3.05, 3.63) is 46.0 Å². The molecule has 106 valence electrons. The van der Waals surface area contributed by atoms with Crippen LogP contribution in [-0.4, -0.2) is 23.7 Å². The number of nitrogens with zero attached hydrogens (tertiary/aromatic N) is 1. The summed E-state index contributed by atoms with van der Waals surface area (Å²) in [4.78, 5) is 18.8. The molecule has 0 fully saturated rings. The standard InChI is InChI=1S/C15H18N2O3/c1-4-20-9-14-16-12(8-15(18)17-14)11-7-10(2)5-6-13(11)19-3/h5-8H,4,9H2,1-3H3,(H,16,17,18). The molecule has 0 aliphatic rings. The van der Waals surface area contributed by atoms with E-state index in [4.69, 9.17) is 9.47 Å². The van der Waals surface area contributed by atoms with E-state index in [0.717, 1.165) is 11.1 Å². The summed E-state index contributed by atoms with van der Waals surface area (Å²) < 4.78 is 10.6. The molecule has 0 amide bonds. The highest BCUT2D eigenvalue weighted by molar-refractivity contribution is 5.67. The van der Waals surface area contributed by atoms with Gasteiger partial charge in [-0.05, 0) is 26.0 Å². The highest BCUT2D eigenvalue weighted by Gasteiger charge is 2.10. The minimum Gasteiger partial charge on any atom is -0.496 e. The molecule has 1 aromatic heterocycles. The first-order valence-corrected chi connectivity index (χ1v) is 6.47. The Hall–Kier alpha value is -2.14. The largest absolute Gasteiger partial charge is 0.496 e. The highest BCUT2D eigenvalue weighted by Crippen LogP contribution is 2.28.